The lowest BCUT2D eigenvalue weighted by Gasteiger charge is -2.24. The topological polar surface area (TPSA) is 121 Å². The molecule has 2 N–H and O–H groups in total. The normalized spacial score (nSPS) is 13.1. The Morgan fingerprint density at radius 1 is 0.939 bits per heavy atom. The van der Waals surface area contributed by atoms with Crippen LogP contribution in [0.25, 0.3) is 0 Å². The SMILES string of the molecule is O=C(CCN(CC(S)c1ccccc1)S(=O)(=O)c1ccc(S(=O)(=O)c2ccccc2)s1)NO. The van der Waals surface area contributed by atoms with E-state index in [1.54, 1.807) is 42.5 Å². The number of hydrogen-bond donors (Lipinski definition) is 3. The average molecular weight is 527 g/mol. The lowest BCUT2D eigenvalue weighted by Crippen LogP contribution is -2.36. The number of nitrogens with one attached hydrogen (secondary N) is 1. The van der Waals surface area contributed by atoms with Gasteiger partial charge in [0.05, 0.1) is 4.90 Å². The van der Waals surface area contributed by atoms with Crippen molar-refractivity contribution in [2.75, 3.05) is 13.1 Å². The van der Waals surface area contributed by atoms with E-state index in [0.29, 0.717) is 11.3 Å². The van der Waals surface area contributed by atoms with Crippen LogP contribution in [0.3, 0.4) is 0 Å². The number of hydrogen-bond acceptors (Lipinski definition) is 8. The molecule has 0 bridgehead atoms. The van der Waals surface area contributed by atoms with Crippen LogP contribution in [0.4, 0.5) is 0 Å². The first-order chi connectivity index (χ1) is 15.7. The largest absolute Gasteiger partial charge is 0.289 e. The van der Waals surface area contributed by atoms with Gasteiger partial charge in [-0.3, -0.25) is 10.0 Å². The first-order valence-corrected chi connectivity index (χ1v) is 14.0. The summed E-state index contributed by atoms with van der Waals surface area (Å²) in [5.41, 5.74) is 2.27. The molecule has 0 aliphatic rings. The fraction of sp³-hybridized carbons (Fsp3) is 0.190. The van der Waals surface area contributed by atoms with Gasteiger partial charge >= 0.3 is 0 Å². The molecule has 0 saturated carbocycles. The zero-order valence-corrected chi connectivity index (χ0v) is 20.6. The minimum absolute atomic E-state index is 0.0618. The third-order valence-electron chi connectivity index (χ3n) is 4.74. The Hall–Kier alpha value is -2.22. The van der Waals surface area contributed by atoms with Crippen molar-refractivity contribution < 1.29 is 26.8 Å². The molecule has 1 atom stereocenters. The molecule has 1 heterocycles. The molecular weight excluding hydrogens is 505 g/mol. The number of hydroxylamine groups is 1. The highest BCUT2D eigenvalue weighted by molar-refractivity contribution is 7.95. The predicted molar refractivity (Wildman–Crippen MR) is 128 cm³/mol. The highest BCUT2D eigenvalue weighted by Crippen LogP contribution is 2.33. The van der Waals surface area contributed by atoms with Crippen LogP contribution in [-0.2, 0) is 24.7 Å². The Morgan fingerprint density at radius 3 is 2.12 bits per heavy atom. The zero-order valence-electron chi connectivity index (χ0n) is 17.2. The molecule has 2 aromatic carbocycles. The predicted octanol–water partition coefficient (Wildman–Crippen LogP) is 3.14. The lowest BCUT2D eigenvalue weighted by atomic mass is 10.1. The van der Waals surface area contributed by atoms with Crippen molar-refractivity contribution in [2.45, 2.75) is 25.0 Å². The summed E-state index contributed by atoms with van der Waals surface area (Å²) < 4.78 is 53.3. The molecule has 0 radical (unpaired) electrons. The van der Waals surface area contributed by atoms with Crippen LogP contribution in [0, 0.1) is 0 Å². The lowest BCUT2D eigenvalue weighted by molar-refractivity contribution is -0.129. The van der Waals surface area contributed by atoms with E-state index >= 15 is 0 Å². The summed E-state index contributed by atoms with van der Waals surface area (Å²) >= 11 is 5.16. The summed E-state index contributed by atoms with van der Waals surface area (Å²) in [6.07, 6.45) is -0.286. The third kappa shape index (κ3) is 6.02. The molecule has 3 rings (SSSR count). The van der Waals surface area contributed by atoms with Crippen LogP contribution in [0.5, 0.6) is 0 Å². The van der Waals surface area contributed by atoms with Crippen molar-refractivity contribution in [3.05, 3.63) is 78.4 Å². The second-order valence-electron chi connectivity index (χ2n) is 6.96. The van der Waals surface area contributed by atoms with Crippen LogP contribution < -0.4 is 5.48 Å². The zero-order chi connectivity index (χ0) is 24.1. The van der Waals surface area contributed by atoms with Gasteiger partial charge in [-0.1, -0.05) is 48.5 Å². The van der Waals surface area contributed by atoms with Crippen molar-refractivity contribution in [1.29, 1.82) is 0 Å². The van der Waals surface area contributed by atoms with E-state index in [2.05, 4.69) is 12.6 Å². The number of thiol groups is 1. The van der Waals surface area contributed by atoms with Crippen LogP contribution in [0.1, 0.15) is 17.2 Å². The van der Waals surface area contributed by atoms with Crippen molar-refractivity contribution in [2.24, 2.45) is 0 Å². The average Bonchev–Trinajstić information content (AvgIpc) is 3.34. The summed E-state index contributed by atoms with van der Waals surface area (Å²) in [6, 6.07) is 19.3. The molecule has 0 fully saturated rings. The number of rotatable bonds is 10. The van der Waals surface area contributed by atoms with Gasteiger partial charge in [0.15, 0.2) is 0 Å². The standard InChI is InChI=1S/C21H22N2O6S4/c24-19(22-25)13-14-23(15-18(30)16-7-3-1-4-8-16)33(28,29)21-12-11-20(31-21)32(26,27)17-9-5-2-6-10-17/h1-12,18,25,30H,13-15H2,(H,22,24). The van der Waals surface area contributed by atoms with Gasteiger partial charge in [-0.05, 0) is 29.8 Å². The van der Waals surface area contributed by atoms with E-state index in [0.717, 1.165) is 9.87 Å². The van der Waals surface area contributed by atoms with Crippen LogP contribution >= 0.6 is 24.0 Å². The number of nitrogens with zero attached hydrogens (tertiary/aromatic N) is 1. The van der Waals surface area contributed by atoms with E-state index in [-0.39, 0.29) is 32.8 Å². The maximum absolute atomic E-state index is 13.4. The first-order valence-electron chi connectivity index (χ1n) is 9.72. The van der Waals surface area contributed by atoms with Gasteiger partial charge in [0.2, 0.25) is 15.7 Å². The molecule has 176 valence electrons. The number of sulfone groups is 1. The Balaban J connectivity index is 1.92. The number of amides is 1. The molecule has 0 spiro atoms. The number of benzene rings is 2. The maximum Gasteiger partial charge on any atom is 0.252 e. The van der Waals surface area contributed by atoms with E-state index in [9.17, 15) is 21.6 Å². The summed E-state index contributed by atoms with van der Waals surface area (Å²) in [7, 11) is -8.03. The molecule has 0 saturated heterocycles. The van der Waals surface area contributed by atoms with Crippen LogP contribution in [0.15, 0.2) is 86.1 Å². The van der Waals surface area contributed by atoms with Crippen molar-refractivity contribution >= 4 is 49.7 Å². The number of carbonyl (C=O) groups is 1. The number of carbonyl (C=O) groups excluding carboxylic acids is 1. The quantitative estimate of drug-likeness (QED) is 0.212. The molecule has 1 aromatic heterocycles. The maximum atomic E-state index is 13.4. The third-order valence-corrected chi connectivity index (χ3v) is 10.9. The van der Waals surface area contributed by atoms with Crippen molar-refractivity contribution in [1.82, 2.24) is 9.79 Å². The molecule has 33 heavy (non-hydrogen) atoms. The monoisotopic (exact) mass is 526 g/mol. The van der Waals surface area contributed by atoms with Crippen molar-refractivity contribution in [3.63, 3.8) is 0 Å². The van der Waals surface area contributed by atoms with E-state index in [4.69, 9.17) is 5.21 Å². The van der Waals surface area contributed by atoms with Gasteiger partial charge in [-0.15, -0.1) is 11.3 Å². The molecule has 3 aromatic rings. The fourth-order valence-electron chi connectivity index (χ4n) is 2.99. The second kappa shape index (κ2) is 10.8. The van der Waals surface area contributed by atoms with Gasteiger partial charge in [-0.25, -0.2) is 22.3 Å². The minimum atomic E-state index is -4.15. The van der Waals surface area contributed by atoms with E-state index in [1.807, 2.05) is 6.07 Å². The fourth-order valence-corrected chi connectivity index (χ4v) is 8.27. The summed E-state index contributed by atoms with van der Waals surface area (Å²) in [4.78, 5) is 11.6. The Bertz CT molecular complexity index is 1290. The molecule has 12 heteroatoms. The van der Waals surface area contributed by atoms with Gasteiger partial charge < -0.3 is 0 Å². The molecular formula is C21H22N2O6S4. The Morgan fingerprint density at radius 2 is 1.52 bits per heavy atom. The highest BCUT2D eigenvalue weighted by atomic mass is 32.3. The van der Waals surface area contributed by atoms with Crippen LogP contribution in [-0.4, -0.2) is 45.3 Å². The Labute approximate surface area is 202 Å². The first kappa shape index (κ1) is 25.4. The van der Waals surface area contributed by atoms with Gasteiger partial charge in [0, 0.05) is 24.8 Å². The minimum Gasteiger partial charge on any atom is -0.289 e. The molecule has 1 unspecified atom stereocenters. The van der Waals surface area contributed by atoms with Gasteiger partial charge in [0.1, 0.15) is 8.42 Å². The smallest absolute Gasteiger partial charge is 0.252 e. The molecule has 8 nitrogen and oxygen atoms in total. The summed E-state index contributed by atoms with van der Waals surface area (Å²) in [6.45, 7) is -0.288. The number of sulfonamides is 1. The number of thiophene rings is 1. The molecule has 0 aliphatic carbocycles. The summed E-state index contributed by atoms with van der Waals surface area (Å²) in [5, 5.41) is 8.29. The van der Waals surface area contributed by atoms with E-state index < -0.39 is 31.0 Å². The van der Waals surface area contributed by atoms with Gasteiger partial charge in [0.25, 0.3) is 10.0 Å². The Kier molecular flexibility index (Phi) is 8.32. The molecule has 1 amide bonds. The van der Waals surface area contributed by atoms with E-state index in [1.165, 1.54) is 29.7 Å². The second-order valence-corrected chi connectivity index (χ2v) is 13.0. The highest BCUT2D eigenvalue weighted by Gasteiger charge is 2.30. The summed E-state index contributed by atoms with van der Waals surface area (Å²) in [5.74, 6) is -0.746. The van der Waals surface area contributed by atoms with Crippen molar-refractivity contribution in [3.8, 4) is 0 Å². The van der Waals surface area contributed by atoms with Gasteiger partial charge in [-0.2, -0.15) is 16.9 Å². The molecule has 0 aliphatic heterocycles. The van der Waals surface area contributed by atoms with Crippen LogP contribution in [0.2, 0.25) is 0 Å².